The van der Waals surface area contributed by atoms with Crippen LogP contribution in [0.15, 0.2) is 115 Å². The first-order valence-corrected chi connectivity index (χ1v) is 39.0. The van der Waals surface area contributed by atoms with Gasteiger partial charge in [0.05, 0.1) is 42.7 Å². The number of thiazole rings is 1. The van der Waals surface area contributed by atoms with Gasteiger partial charge < -0.3 is 87.4 Å². The van der Waals surface area contributed by atoms with Gasteiger partial charge in [0, 0.05) is 64.1 Å². The molecule has 1 aromatic heterocycles. The number of likely N-dealkylation sites (N-methyl/N-ethyl adjacent to an activating group) is 1. The molecule has 1 fully saturated rings. The van der Waals surface area contributed by atoms with Crippen molar-refractivity contribution in [2.75, 3.05) is 59.4 Å². The van der Waals surface area contributed by atoms with Gasteiger partial charge in [0.25, 0.3) is 0 Å². The smallest absolute Gasteiger partial charge is 0.408 e. The molecule has 604 valence electrons. The predicted molar refractivity (Wildman–Crippen MR) is 420 cm³/mol. The van der Waals surface area contributed by atoms with E-state index in [4.69, 9.17) is 24.7 Å². The number of carbonyl (C=O) groups is 11. The fraction of sp³-hybridized carbons (Fsp3) is 0.531. The van der Waals surface area contributed by atoms with E-state index in [2.05, 4.69) is 52.8 Å². The van der Waals surface area contributed by atoms with Gasteiger partial charge in [0.1, 0.15) is 54.5 Å². The normalized spacial score (nSPS) is 16.0. The number of fused-ring (bicyclic) bond motifs is 3. The maximum absolute atomic E-state index is 14.8. The number of carbonyl (C=O) groups excluding carboxylic acids is 11. The van der Waals surface area contributed by atoms with E-state index < -0.39 is 132 Å². The summed E-state index contributed by atoms with van der Waals surface area (Å²) in [6.07, 6.45) is 2.01. The number of primary amides is 1. The molecule has 11 atom stereocenters. The van der Waals surface area contributed by atoms with Gasteiger partial charge in [-0.25, -0.2) is 19.4 Å². The molecule has 111 heavy (non-hydrogen) atoms. The number of anilines is 1. The number of likely N-dealkylation sites (tertiary alicyclic amines) is 1. The zero-order valence-corrected chi connectivity index (χ0v) is 66.6. The molecule has 0 saturated carbocycles. The molecule has 5 aromatic rings. The van der Waals surface area contributed by atoms with Crippen molar-refractivity contribution in [3.05, 3.63) is 142 Å². The van der Waals surface area contributed by atoms with Crippen LogP contribution in [-0.4, -0.2) is 193 Å². The lowest BCUT2D eigenvalue weighted by atomic mass is 9.89. The van der Waals surface area contributed by atoms with Crippen LogP contribution >= 0.6 is 11.3 Å². The zero-order valence-electron chi connectivity index (χ0n) is 65.8. The first-order valence-electron chi connectivity index (χ1n) is 38.1. The molecule has 1 aliphatic carbocycles. The zero-order chi connectivity index (χ0) is 81.1. The Kier molecular flexibility index (Phi) is 34.1. The molecular weight excluding hydrogens is 1440 g/mol. The minimum Gasteiger partial charge on any atom is -0.449 e. The number of aromatic nitrogens is 1. The molecule has 29 nitrogen and oxygen atoms in total. The lowest BCUT2D eigenvalue weighted by molar-refractivity contribution is -0.148. The van der Waals surface area contributed by atoms with Gasteiger partial charge in [-0.2, -0.15) is 0 Å². The Bertz CT molecular complexity index is 3880. The first-order chi connectivity index (χ1) is 53.0. The van der Waals surface area contributed by atoms with Gasteiger partial charge >= 0.3 is 18.2 Å². The van der Waals surface area contributed by atoms with Crippen molar-refractivity contribution in [2.45, 2.75) is 199 Å². The van der Waals surface area contributed by atoms with Gasteiger partial charge in [-0.15, -0.1) is 11.3 Å². The van der Waals surface area contributed by atoms with Gasteiger partial charge in [0.15, 0.2) is 0 Å². The van der Waals surface area contributed by atoms with E-state index in [0.717, 1.165) is 32.8 Å². The molecule has 7 rings (SSSR count). The third-order valence-electron chi connectivity index (χ3n) is 20.6. The van der Waals surface area contributed by atoms with E-state index in [-0.39, 0.29) is 87.4 Å². The Hall–Kier alpha value is -10.0. The molecule has 0 unspecified atom stereocenters. The van der Waals surface area contributed by atoms with Crippen LogP contribution in [0.25, 0.3) is 11.1 Å². The number of rotatable bonds is 42. The highest BCUT2D eigenvalue weighted by atomic mass is 32.1. The fourth-order valence-electron chi connectivity index (χ4n) is 14.2. The molecule has 2 aliphatic rings. The summed E-state index contributed by atoms with van der Waals surface area (Å²) in [5.74, 6) is -6.51. The number of urea groups is 1. The Morgan fingerprint density at radius 2 is 1.32 bits per heavy atom. The molecule has 1 aliphatic heterocycles. The van der Waals surface area contributed by atoms with E-state index >= 15 is 0 Å². The number of ether oxygens (including phenoxy) is 4. The number of aliphatic hydroxyl groups excluding tert-OH is 1. The first kappa shape index (κ1) is 88.2. The molecule has 2 heterocycles. The van der Waals surface area contributed by atoms with E-state index in [1.165, 1.54) is 49.3 Å². The molecule has 0 bridgehead atoms. The van der Waals surface area contributed by atoms with Crippen molar-refractivity contribution in [1.82, 2.24) is 57.3 Å². The average molecular weight is 1560 g/mol. The quantitative estimate of drug-likeness (QED) is 0.0168. The van der Waals surface area contributed by atoms with Crippen LogP contribution in [0.3, 0.4) is 0 Å². The summed E-state index contributed by atoms with van der Waals surface area (Å²) in [4.78, 5) is 158. The molecule has 0 spiro atoms. The van der Waals surface area contributed by atoms with Gasteiger partial charge in [-0.1, -0.05) is 146 Å². The van der Waals surface area contributed by atoms with Crippen LogP contribution < -0.4 is 53.6 Å². The molecule has 12 amide bonds. The Balaban J connectivity index is 0.894. The number of nitrogens with one attached hydrogen (secondary N) is 9. The SMILES string of the molecule is CC[C@H](C)[C@@H]([C@@H](CC(=O)N1CCC[C@H]1[C@H](OC)[C@@H](C)C(=O)N[C@@H](Cc1ccccc1)c1nccs1)OC)N(C)C(=O)[C@@H](NC(=O)C(C)(C)NC(=O)OCc1ccc(NC(=O)[C@H](CCCNC(N)=O)NC(=O)[C@@H](NC(=O)[C@H](CCCCNC(=O)OCC2c3ccccc3-c3ccccc32)NC(=O)CO)C(C)C)cc1)C(C)C. The summed E-state index contributed by atoms with van der Waals surface area (Å²) in [6.45, 7) is 15.2. The summed E-state index contributed by atoms with van der Waals surface area (Å²) in [5.41, 5.74) is 9.80. The van der Waals surface area contributed by atoms with Crippen molar-refractivity contribution in [3.8, 4) is 11.1 Å². The highest BCUT2D eigenvalue weighted by Gasteiger charge is 2.45. The monoisotopic (exact) mass is 1560 g/mol. The lowest BCUT2D eigenvalue weighted by Gasteiger charge is -2.41. The Morgan fingerprint density at radius 3 is 1.92 bits per heavy atom. The van der Waals surface area contributed by atoms with Crippen molar-refractivity contribution < 1.29 is 76.8 Å². The van der Waals surface area contributed by atoms with E-state index in [9.17, 15) is 57.8 Å². The minimum atomic E-state index is -1.62. The lowest BCUT2D eigenvalue weighted by Crippen LogP contribution is -2.62. The number of alkyl carbamates (subject to hydrolysis) is 2. The second-order valence-corrected chi connectivity index (χ2v) is 30.6. The number of hydrogen-bond donors (Lipinski definition) is 11. The van der Waals surface area contributed by atoms with Gasteiger partial charge in [0.2, 0.25) is 47.3 Å². The summed E-state index contributed by atoms with van der Waals surface area (Å²) in [5, 5.41) is 36.8. The summed E-state index contributed by atoms with van der Waals surface area (Å²) < 4.78 is 23.4. The second-order valence-electron chi connectivity index (χ2n) is 29.7. The standard InChI is InChI=1S/C81H113N13O16S/c1-13-50(6)69(64(107-11)44-66(97)94-41-24-33-63(94)70(108-12)51(7)71(98)89-62(75-83-40-42-111-75)43-52-25-15-14-16-26-52)93(10)76(102)68(49(4)5)91-77(103)81(8,9)92-80(106)109-46-53-34-36-54(37-35-53)86-72(99)61(32-23-39-84-78(82)104)88-74(101)67(48(2)3)90-73(100)60(87-65(96)45-95)31-21-22-38-85-79(105)110-47-59-57-29-19-17-27-55(57)56-28-18-20-30-58(56)59/h14-20,25-30,34-37,40,42,48-51,59-64,67-70,95H,13,21-24,31-33,38-39,41,43-47H2,1-12H3,(H,85,105)(H,86,99)(H,87,96)(H,88,101)(H,89,98)(H,90,100)(H,91,103)(H,92,106)(H3,82,84,104)/t50-,51+,60-,61-,62-,63-,64+,67-,68-,69-,70+/m0/s1. The van der Waals surface area contributed by atoms with E-state index in [1.54, 1.807) is 72.0 Å². The van der Waals surface area contributed by atoms with Crippen molar-refractivity contribution >= 4 is 82.5 Å². The molecule has 0 radical (unpaired) electrons. The molecule has 12 N–H and O–H groups in total. The Morgan fingerprint density at radius 1 is 0.685 bits per heavy atom. The number of benzene rings is 4. The predicted octanol–water partition coefficient (Wildman–Crippen LogP) is 7.51. The van der Waals surface area contributed by atoms with Crippen molar-refractivity contribution in [1.29, 1.82) is 0 Å². The summed E-state index contributed by atoms with van der Waals surface area (Å²) in [7, 11) is 4.68. The maximum Gasteiger partial charge on any atom is 0.408 e. The van der Waals surface area contributed by atoms with E-state index in [1.807, 2.05) is 98.1 Å². The van der Waals surface area contributed by atoms with Gasteiger partial charge in [-0.05, 0) is 128 Å². The number of unbranched alkanes of at least 4 members (excludes halogenated alkanes) is 1. The van der Waals surface area contributed by atoms with Crippen LogP contribution in [0.1, 0.15) is 159 Å². The average Bonchev–Trinajstić information content (AvgIpc) is 1.59. The van der Waals surface area contributed by atoms with Crippen molar-refractivity contribution in [3.63, 3.8) is 0 Å². The third kappa shape index (κ3) is 25.2. The third-order valence-corrected chi connectivity index (χ3v) is 21.5. The minimum absolute atomic E-state index is 0.00291. The molecule has 4 aromatic carbocycles. The number of hydrogen-bond acceptors (Lipinski definition) is 18. The second kappa shape index (κ2) is 43.0. The maximum atomic E-state index is 14.8. The largest absolute Gasteiger partial charge is 0.449 e. The molecular formula is C81H113N13O16S. The van der Waals surface area contributed by atoms with Crippen LogP contribution in [-0.2, 0) is 70.3 Å². The number of nitrogens with two attached hydrogens (primary N) is 1. The molecule has 30 heteroatoms. The summed E-state index contributed by atoms with van der Waals surface area (Å²) in [6, 6.07) is 25.1. The van der Waals surface area contributed by atoms with E-state index in [0.29, 0.717) is 50.6 Å². The van der Waals surface area contributed by atoms with Crippen LogP contribution in [0.5, 0.6) is 0 Å². The highest BCUT2D eigenvalue weighted by molar-refractivity contribution is 7.09. The van der Waals surface area contributed by atoms with Gasteiger partial charge in [-0.3, -0.25) is 38.4 Å². The fourth-order valence-corrected chi connectivity index (χ4v) is 14.9. The molecule has 1 saturated heterocycles. The van der Waals surface area contributed by atoms with Crippen LogP contribution in [0.4, 0.5) is 20.1 Å². The summed E-state index contributed by atoms with van der Waals surface area (Å²) >= 11 is 1.46. The Labute approximate surface area is 654 Å². The number of amides is 12. The number of aliphatic hydroxyl groups is 1. The highest BCUT2D eigenvalue weighted by Crippen LogP contribution is 2.44. The topological polar surface area (TPSA) is 399 Å². The number of methoxy groups -OCH3 is 2. The number of nitrogens with zero attached hydrogens (tertiary/aromatic N) is 3. The van der Waals surface area contributed by atoms with Crippen LogP contribution in [0, 0.1) is 23.7 Å². The van der Waals surface area contributed by atoms with Crippen molar-refractivity contribution in [2.24, 2.45) is 29.4 Å². The van der Waals surface area contributed by atoms with Crippen LogP contribution in [0.2, 0.25) is 0 Å².